The van der Waals surface area contributed by atoms with Gasteiger partial charge in [-0.2, -0.15) is 0 Å². The fourth-order valence-electron chi connectivity index (χ4n) is 3.03. The summed E-state index contributed by atoms with van der Waals surface area (Å²) in [6, 6.07) is 10.7. The van der Waals surface area contributed by atoms with Crippen LogP contribution in [0.15, 0.2) is 35.4 Å². The van der Waals surface area contributed by atoms with Crippen molar-refractivity contribution in [2.24, 2.45) is 0 Å². The summed E-state index contributed by atoms with van der Waals surface area (Å²) in [6.07, 6.45) is 3.50. The van der Waals surface area contributed by atoms with E-state index in [2.05, 4.69) is 26.0 Å². The van der Waals surface area contributed by atoms with Gasteiger partial charge >= 0.3 is 0 Å². The third kappa shape index (κ3) is 3.27. The van der Waals surface area contributed by atoms with Crippen molar-refractivity contribution >= 4 is 28.6 Å². The molecule has 1 amide bonds. The first-order chi connectivity index (χ1) is 10.6. The molecule has 1 aromatic heterocycles. The Labute approximate surface area is 136 Å². The molecule has 0 N–H and O–H groups in total. The number of carbonyl (C=O) groups is 1. The largest absolute Gasteiger partial charge is 0.339 e. The van der Waals surface area contributed by atoms with Crippen LogP contribution in [0.5, 0.6) is 0 Å². The minimum absolute atomic E-state index is 0.242. The molecule has 1 aromatic carbocycles. The number of carbonyl (C=O) groups excluding carboxylic acids is 1. The van der Waals surface area contributed by atoms with Crippen LogP contribution in [0.2, 0.25) is 0 Å². The van der Waals surface area contributed by atoms with E-state index in [1.807, 2.05) is 23.1 Å². The molecule has 3 rings (SSSR count). The predicted molar refractivity (Wildman–Crippen MR) is 92.2 cm³/mol. The van der Waals surface area contributed by atoms with Crippen LogP contribution in [-0.2, 0) is 4.79 Å². The summed E-state index contributed by atoms with van der Waals surface area (Å²) in [5, 5.41) is 2.12. The molecule has 22 heavy (non-hydrogen) atoms. The molecule has 0 bridgehead atoms. The van der Waals surface area contributed by atoms with Crippen molar-refractivity contribution in [3.63, 3.8) is 0 Å². The Morgan fingerprint density at radius 2 is 2.18 bits per heavy atom. The number of thioether (sulfide) groups is 1. The van der Waals surface area contributed by atoms with Crippen molar-refractivity contribution in [3.05, 3.63) is 35.9 Å². The summed E-state index contributed by atoms with van der Waals surface area (Å²) in [5.41, 5.74) is 2.14. The van der Waals surface area contributed by atoms with E-state index in [9.17, 15) is 4.79 Å². The van der Waals surface area contributed by atoms with E-state index in [0.29, 0.717) is 11.8 Å². The lowest BCUT2D eigenvalue weighted by molar-refractivity contribution is -0.131. The molecule has 1 aliphatic rings. The lowest BCUT2D eigenvalue weighted by Gasteiger charge is -2.33. The Balaban J connectivity index is 1.70. The van der Waals surface area contributed by atoms with E-state index in [0.717, 1.165) is 40.9 Å². The Kier molecular flexibility index (Phi) is 4.67. The van der Waals surface area contributed by atoms with Gasteiger partial charge in [-0.05, 0) is 50.8 Å². The second-order valence-corrected chi connectivity index (χ2v) is 6.99. The molecule has 0 saturated carbocycles. The molecule has 0 spiro atoms. The number of piperidine rings is 1. The molecule has 116 valence electrons. The molecule has 3 nitrogen and oxygen atoms in total. The van der Waals surface area contributed by atoms with E-state index < -0.39 is 0 Å². The SMILES string of the molecule is Cc1cc2ccccc2nc1SCC(=O)N1CCCC[C@H]1C. The molecule has 0 aliphatic carbocycles. The lowest BCUT2D eigenvalue weighted by Crippen LogP contribution is -2.42. The molecule has 2 heterocycles. The minimum Gasteiger partial charge on any atom is -0.339 e. The molecule has 0 radical (unpaired) electrons. The molecule has 1 fully saturated rings. The van der Waals surface area contributed by atoms with Crippen LogP contribution >= 0.6 is 11.8 Å². The maximum absolute atomic E-state index is 12.4. The van der Waals surface area contributed by atoms with Crippen molar-refractivity contribution in [2.75, 3.05) is 12.3 Å². The van der Waals surface area contributed by atoms with E-state index in [-0.39, 0.29) is 5.91 Å². The Bertz CT molecular complexity index is 686. The molecular weight excluding hydrogens is 292 g/mol. The number of likely N-dealkylation sites (tertiary alicyclic amines) is 1. The number of fused-ring (bicyclic) bond motifs is 1. The third-order valence-electron chi connectivity index (χ3n) is 4.32. The monoisotopic (exact) mass is 314 g/mol. The number of aromatic nitrogens is 1. The summed E-state index contributed by atoms with van der Waals surface area (Å²) in [6.45, 7) is 5.13. The van der Waals surface area contributed by atoms with Gasteiger partial charge < -0.3 is 4.90 Å². The summed E-state index contributed by atoms with van der Waals surface area (Å²) < 4.78 is 0. The summed E-state index contributed by atoms with van der Waals surface area (Å²) in [4.78, 5) is 19.2. The van der Waals surface area contributed by atoms with Crippen molar-refractivity contribution in [3.8, 4) is 0 Å². The number of rotatable bonds is 3. The highest BCUT2D eigenvalue weighted by molar-refractivity contribution is 7.99. The summed E-state index contributed by atoms with van der Waals surface area (Å²) in [5.74, 6) is 0.725. The Morgan fingerprint density at radius 3 is 3.00 bits per heavy atom. The highest BCUT2D eigenvalue weighted by Crippen LogP contribution is 2.25. The van der Waals surface area contributed by atoms with Gasteiger partial charge in [0.25, 0.3) is 0 Å². The van der Waals surface area contributed by atoms with Crippen LogP contribution in [0.4, 0.5) is 0 Å². The van der Waals surface area contributed by atoms with Crippen molar-refractivity contribution in [1.29, 1.82) is 0 Å². The molecule has 0 unspecified atom stereocenters. The highest BCUT2D eigenvalue weighted by Gasteiger charge is 2.23. The number of pyridine rings is 1. The first kappa shape index (κ1) is 15.3. The van der Waals surface area contributed by atoms with Crippen molar-refractivity contribution in [2.45, 2.75) is 44.2 Å². The van der Waals surface area contributed by atoms with Crippen LogP contribution < -0.4 is 0 Å². The molecule has 4 heteroatoms. The number of hydrogen-bond acceptors (Lipinski definition) is 3. The molecule has 1 saturated heterocycles. The second-order valence-electron chi connectivity index (χ2n) is 6.02. The zero-order valence-electron chi connectivity index (χ0n) is 13.2. The van der Waals surface area contributed by atoms with Gasteiger partial charge in [-0.15, -0.1) is 0 Å². The van der Waals surface area contributed by atoms with Gasteiger partial charge in [-0.1, -0.05) is 30.0 Å². The summed E-state index contributed by atoms with van der Waals surface area (Å²) >= 11 is 1.56. The van der Waals surface area contributed by atoms with Gasteiger partial charge in [0, 0.05) is 18.0 Å². The molecular formula is C18H22N2OS. The van der Waals surface area contributed by atoms with Gasteiger partial charge in [0.1, 0.15) is 5.03 Å². The Hall–Kier alpha value is -1.55. The van der Waals surface area contributed by atoms with Crippen LogP contribution in [0.3, 0.4) is 0 Å². The zero-order chi connectivity index (χ0) is 15.5. The average Bonchev–Trinajstić information content (AvgIpc) is 2.53. The molecule has 2 aromatic rings. The number of nitrogens with zero attached hydrogens (tertiary/aromatic N) is 2. The van der Waals surface area contributed by atoms with Crippen LogP contribution in [-0.4, -0.2) is 34.1 Å². The fraction of sp³-hybridized carbons (Fsp3) is 0.444. The maximum Gasteiger partial charge on any atom is 0.233 e. The van der Waals surface area contributed by atoms with Crippen LogP contribution in [0.1, 0.15) is 31.7 Å². The number of aryl methyl sites for hydroxylation is 1. The molecule has 1 atom stereocenters. The highest BCUT2D eigenvalue weighted by atomic mass is 32.2. The number of para-hydroxylation sites is 1. The standard InChI is InChI=1S/C18H22N2OS/c1-13-11-15-8-3-4-9-16(15)19-18(13)22-12-17(21)20-10-6-5-7-14(20)2/h3-4,8-9,11,14H,5-7,10,12H2,1-2H3/t14-/m1/s1. The third-order valence-corrected chi connectivity index (χ3v) is 5.40. The van der Waals surface area contributed by atoms with E-state index in [1.165, 1.54) is 6.42 Å². The number of hydrogen-bond donors (Lipinski definition) is 0. The first-order valence-corrected chi connectivity index (χ1v) is 8.92. The topological polar surface area (TPSA) is 33.2 Å². The normalized spacial score (nSPS) is 18.6. The van der Waals surface area contributed by atoms with E-state index >= 15 is 0 Å². The van der Waals surface area contributed by atoms with Crippen molar-refractivity contribution < 1.29 is 4.79 Å². The number of amides is 1. The lowest BCUT2D eigenvalue weighted by atomic mass is 10.0. The van der Waals surface area contributed by atoms with E-state index in [4.69, 9.17) is 4.98 Å². The first-order valence-electron chi connectivity index (χ1n) is 7.94. The molecule has 1 aliphatic heterocycles. The maximum atomic E-state index is 12.4. The number of benzene rings is 1. The summed E-state index contributed by atoms with van der Waals surface area (Å²) in [7, 11) is 0. The van der Waals surface area contributed by atoms with Crippen molar-refractivity contribution in [1.82, 2.24) is 9.88 Å². The minimum atomic E-state index is 0.242. The van der Waals surface area contributed by atoms with Crippen LogP contribution in [0.25, 0.3) is 10.9 Å². The fourth-order valence-corrected chi connectivity index (χ4v) is 3.91. The average molecular weight is 314 g/mol. The smallest absolute Gasteiger partial charge is 0.233 e. The van der Waals surface area contributed by atoms with Gasteiger partial charge in [-0.25, -0.2) is 4.98 Å². The van der Waals surface area contributed by atoms with Crippen LogP contribution in [0, 0.1) is 6.92 Å². The quantitative estimate of drug-likeness (QED) is 0.802. The van der Waals surface area contributed by atoms with E-state index in [1.54, 1.807) is 11.8 Å². The van der Waals surface area contributed by atoms with Gasteiger partial charge in [0.2, 0.25) is 5.91 Å². The zero-order valence-corrected chi connectivity index (χ0v) is 14.0. The predicted octanol–water partition coefficient (Wildman–Crippen LogP) is 4.04. The van der Waals surface area contributed by atoms with Gasteiger partial charge in [0.15, 0.2) is 0 Å². The Morgan fingerprint density at radius 1 is 1.36 bits per heavy atom. The second kappa shape index (κ2) is 6.69. The van der Waals surface area contributed by atoms with Gasteiger partial charge in [0.05, 0.1) is 11.3 Å². The van der Waals surface area contributed by atoms with Gasteiger partial charge in [-0.3, -0.25) is 4.79 Å².